The molecule has 2 atom stereocenters. The number of nitrogens with zero attached hydrogens (tertiary/aromatic N) is 4. The molecule has 134 valence electrons. The average molecular weight is 352 g/mol. The van der Waals surface area contributed by atoms with Crippen molar-refractivity contribution in [2.24, 2.45) is 5.92 Å². The maximum absolute atomic E-state index is 13.3. The molecule has 7 heteroatoms. The maximum atomic E-state index is 13.3. The Labute approximate surface area is 151 Å². The van der Waals surface area contributed by atoms with Gasteiger partial charge in [0.25, 0.3) is 5.91 Å². The van der Waals surface area contributed by atoms with Gasteiger partial charge in [0.05, 0.1) is 0 Å². The van der Waals surface area contributed by atoms with Crippen LogP contribution in [-0.2, 0) is 34.5 Å². The first kappa shape index (κ1) is 15.5. The minimum atomic E-state index is -1.12. The number of benzene rings is 1. The number of carbonyl (C=O) groups is 2. The Morgan fingerprint density at radius 3 is 3.04 bits per heavy atom. The number of imide groups is 1. The van der Waals surface area contributed by atoms with Crippen LogP contribution in [0.4, 0.5) is 4.79 Å². The molecule has 1 saturated heterocycles. The third-order valence-corrected chi connectivity index (χ3v) is 5.87. The molecular weight excluding hydrogens is 332 g/mol. The fourth-order valence-corrected chi connectivity index (χ4v) is 4.56. The summed E-state index contributed by atoms with van der Waals surface area (Å²) in [6.07, 6.45) is 5.23. The molecule has 1 aromatic carbocycles. The van der Waals surface area contributed by atoms with Crippen molar-refractivity contribution < 1.29 is 14.3 Å². The summed E-state index contributed by atoms with van der Waals surface area (Å²) >= 11 is 0. The van der Waals surface area contributed by atoms with Gasteiger partial charge in [-0.1, -0.05) is 24.3 Å². The molecule has 1 aromatic heterocycles. The third-order valence-electron chi connectivity index (χ3n) is 5.87. The SMILES string of the molecule is O=C1OC2(CCCc3ccccc32)C(=O)N1CC1CCc2nncn2C1. The Balaban J connectivity index is 1.41. The summed E-state index contributed by atoms with van der Waals surface area (Å²) in [6, 6.07) is 7.82. The van der Waals surface area contributed by atoms with Crippen molar-refractivity contribution in [3.63, 3.8) is 0 Å². The van der Waals surface area contributed by atoms with Crippen LogP contribution in [-0.4, -0.2) is 38.2 Å². The number of hydrogen-bond donors (Lipinski definition) is 0. The number of aryl methyl sites for hydroxylation is 2. The molecule has 0 N–H and O–H groups in total. The molecule has 3 heterocycles. The molecule has 1 aliphatic carbocycles. The average Bonchev–Trinajstić information content (AvgIpc) is 3.21. The summed E-state index contributed by atoms with van der Waals surface area (Å²) in [5.74, 6) is 0.961. The number of aromatic nitrogens is 3. The van der Waals surface area contributed by atoms with Crippen molar-refractivity contribution in [3.05, 3.63) is 47.5 Å². The summed E-state index contributed by atoms with van der Waals surface area (Å²) in [7, 11) is 0. The Morgan fingerprint density at radius 1 is 1.23 bits per heavy atom. The third kappa shape index (κ3) is 2.19. The Morgan fingerprint density at radius 2 is 2.12 bits per heavy atom. The molecule has 26 heavy (non-hydrogen) atoms. The lowest BCUT2D eigenvalue weighted by molar-refractivity contribution is -0.139. The highest BCUT2D eigenvalue weighted by molar-refractivity contribution is 6.03. The zero-order valence-corrected chi connectivity index (χ0v) is 14.4. The van der Waals surface area contributed by atoms with Crippen LogP contribution in [0, 0.1) is 5.92 Å². The lowest BCUT2D eigenvalue weighted by Gasteiger charge is -2.32. The van der Waals surface area contributed by atoms with Gasteiger partial charge in [0.15, 0.2) is 0 Å². The van der Waals surface area contributed by atoms with Crippen LogP contribution in [0.15, 0.2) is 30.6 Å². The van der Waals surface area contributed by atoms with Crippen molar-refractivity contribution in [1.29, 1.82) is 0 Å². The molecule has 2 aliphatic heterocycles. The highest BCUT2D eigenvalue weighted by Gasteiger charge is 2.56. The molecule has 0 bridgehead atoms. The number of amides is 2. The number of fused-ring (bicyclic) bond motifs is 3. The fourth-order valence-electron chi connectivity index (χ4n) is 4.56. The lowest BCUT2D eigenvalue weighted by atomic mass is 9.78. The largest absolute Gasteiger partial charge is 0.427 e. The maximum Gasteiger partial charge on any atom is 0.418 e. The summed E-state index contributed by atoms with van der Waals surface area (Å²) in [6.45, 7) is 1.11. The van der Waals surface area contributed by atoms with Crippen LogP contribution in [0.5, 0.6) is 0 Å². The fraction of sp³-hybridized carbons (Fsp3) is 0.474. The molecular formula is C19H20N4O3. The van der Waals surface area contributed by atoms with Crippen LogP contribution >= 0.6 is 0 Å². The van der Waals surface area contributed by atoms with E-state index in [0.29, 0.717) is 13.0 Å². The van der Waals surface area contributed by atoms with Crippen LogP contribution in [0.3, 0.4) is 0 Å². The predicted octanol–water partition coefficient (Wildman–Crippen LogP) is 2.05. The zero-order chi connectivity index (χ0) is 17.7. The molecule has 2 unspecified atom stereocenters. The van der Waals surface area contributed by atoms with Gasteiger partial charge in [-0.3, -0.25) is 4.79 Å². The summed E-state index contributed by atoms with van der Waals surface area (Å²) in [5, 5.41) is 8.02. The zero-order valence-electron chi connectivity index (χ0n) is 14.4. The van der Waals surface area contributed by atoms with Gasteiger partial charge in [0.2, 0.25) is 5.60 Å². The van der Waals surface area contributed by atoms with Crippen molar-refractivity contribution >= 4 is 12.0 Å². The monoisotopic (exact) mass is 352 g/mol. The minimum absolute atomic E-state index is 0.198. The molecule has 0 saturated carbocycles. The van der Waals surface area contributed by atoms with Gasteiger partial charge in [-0.2, -0.15) is 0 Å². The van der Waals surface area contributed by atoms with Gasteiger partial charge >= 0.3 is 6.09 Å². The van der Waals surface area contributed by atoms with Crippen LogP contribution in [0.1, 0.15) is 36.2 Å². The van der Waals surface area contributed by atoms with E-state index in [0.717, 1.165) is 49.2 Å². The quantitative estimate of drug-likeness (QED) is 0.827. The van der Waals surface area contributed by atoms with Gasteiger partial charge in [0, 0.05) is 31.5 Å². The van der Waals surface area contributed by atoms with Crippen LogP contribution in [0.25, 0.3) is 0 Å². The first-order chi connectivity index (χ1) is 12.7. The second kappa shape index (κ2) is 5.65. The molecule has 1 spiro atoms. The van der Waals surface area contributed by atoms with Crippen LogP contribution < -0.4 is 0 Å². The number of rotatable bonds is 2. The van der Waals surface area contributed by atoms with E-state index in [2.05, 4.69) is 10.2 Å². The Kier molecular flexibility index (Phi) is 3.38. The predicted molar refractivity (Wildman–Crippen MR) is 91.1 cm³/mol. The standard InChI is InChI=1S/C19H20N4O3/c24-17-19(9-3-5-14-4-1-2-6-15(14)19)26-18(25)23(17)11-13-7-8-16-21-20-12-22(16)10-13/h1-2,4,6,12-13H,3,5,7-11H2. The Bertz CT molecular complexity index is 892. The minimum Gasteiger partial charge on any atom is -0.427 e. The van der Waals surface area contributed by atoms with Crippen molar-refractivity contribution in [2.45, 2.75) is 44.2 Å². The van der Waals surface area contributed by atoms with Crippen LogP contribution in [0.2, 0.25) is 0 Å². The van der Waals surface area contributed by atoms with Crippen molar-refractivity contribution in [3.8, 4) is 0 Å². The van der Waals surface area contributed by atoms with E-state index in [1.165, 1.54) is 4.90 Å². The Hall–Kier alpha value is -2.70. The molecule has 5 rings (SSSR count). The second-order valence-electron chi connectivity index (χ2n) is 7.43. The summed E-state index contributed by atoms with van der Waals surface area (Å²) in [4.78, 5) is 27.2. The molecule has 2 aromatic rings. The topological polar surface area (TPSA) is 77.3 Å². The number of ether oxygens (including phenoxy) is 1. The molecule has 3 aliphatic rings. The number of hydrogen-bond acceptors (Lipinski definition) is 5. The highest BCUT2D eigenvalue weighted by Crippen LogP contribution is 2.44. The van der Waals surface area contributed by atoms with E-state index in [1.54, 1.807) is 6.33 Å². The van der Waals surface area contributed by atoms with Crippen molar-refractivity contribution in [1.82, 2.24) is 19.7 Å². The first-order valence-corrected chi connectivity index (χ1v) is 9.17. The first-order valence-electron chi connectivity index (χ1n) is 9.17. The lowest BCUT2D eigenvalue weighted by Crippen LogP contribution is -2.43. The molecule has 1 fully saturated rings. The van der Waals surface area contributed by atoms with E-state index < -0.39 is 11.7 Å². The van der Waals surface area contributed by atoms with Gasteiger partial charge < -0.3 is 9.30 Å². The van der Waals surface area contributed by atoms with Crippen molar-refractivity contribution in [2.75, 3.05) is 6.54 Å². The normalized spacial score (nSPS) is 27.4. The van der Waals surface area contributed by atoms with E-state index in [1.807, 2.05) is 28.8 Å². The van der Waals surface area contributed by atoms with Gasteiger partial charge in [-0.25, -0.2) is 9.69 Å². The highest BCUT2D eigenvalue weighted by atomic mass is 16.6. The van der Waals surface area contributed by atoms with Gasteiger partial charge in [-0.15, -0.1) is 10.2 Å². The molecule has 7 nitrogen and oxygen atoms in total. The second-order valence-corrected chi connectivity index (χ2v) is 7.43. The van der Waals surface area contributed by atoms with E-state index in [-0.39, 0.29) is 11.8 Å². The molecule has 2 amide bonds. The van der Waals surface area contributed by atoms with E-state index in [9.17, 15) is 9.59 Å². The van der Waals surface area contributed by atoms with E-state index in [4.69, 9.17) is 4.74 Å². The smallest absolute Gasteiger partial charge is 0.418 e. The molecule has 0 radical (unpaired) electrons. The number of carbonyl (C=O) groups excluding carboxylic acids is 2. The van der Waals surface area contributed by atoms with Gasteiger partial charge in [0.1, 0.15) is 12.2 Å². The summed E-state index contributed by atoms with van der Waals surface area (Å²) in [5.41, 5.74) is 0.841. The van der Waals surface area contributed by atoms with E-state index >= 15 is 0 Å². The van der Waals surface area contributed by atoms with Gasteiger partial charge in [-0.05, 0) is 30.7 Å². The summed E-state index contributed by atoms with van der Waals surface area (Å²) < 4.78 is 7.75.